The summed E-state index contributed by atoms with van der Waals surface area (Å²) in [6.45, 7) is -0.251. The standard InChI is InChI=1S/C17H13ClF3NO4S/c18-14-6-5-12(8-13(14)17(19,20)21)27(25,26)22-9-11-4-2-1-3-10(11)7-15(22)16(23)24/h1-6,8,15H,7,9H2,(H,23,24)/t15-/m0/s1. The van der Waals surface area contributed by atoms with Crippen molar-refractivity contribution in [3.8, 4) is 0 Å². The molecular weight excluding hydrogens is 407 g/mol. The van der Waals surface area contributed by atoms with E-state index in [1.807, 2.05) is 0 Å². The van der Waals surface area contributed by atoms with E-state index in [0.29, 0.717) is 21.5 Å². The first-order valence-electron chi connectivity index (χ1n) is 7.70. The third kappa shape index (κ3) is 3.67. The molecular formula is C17H13ClF3NO4S. The summed E-state index contributed by atoms with van der Waals surface area (Å²) in [4.78, 5) is 11.0. The van der Waals surface area contributed by atoms with Crippen molar-refractivity contribution in [2.45, 2.75) is 30.1 Å². The molecule has 1 heterocycles. The van der Waals surface area contributed by atoms with Crippen LogP contribution >= 0.6 is 11.6 Å². The van der Waals surface area contributed by atoms with E-state index in [4.69, 9.17) is 11.6 Å². The number of alkyl halides is 3. The van der Waals surface area contributed by atoms with Crippen molar-refractivity contribution >= 4 is 27.6 Å². The molecule has 0 fully saturated rings. The molecule has 0 unspecified atom stereocenters. The molecule has 144 valence electrons. The number of aliphatic carboxylic acids is 1. The molecule has 10 heteroatoms. The number of carboxylic acid groups (broad SMARTS) is 1. The highest BCUT2D eigenvalue weighted by atomic mass is 35.5. The molecule has 3 rings (SSSR count). The molecule has 1 N–H and O–H groups in total. The van der Waals surface area contributed by atoms with E-state index < -0.39 is 43.7 Å². The molecule has 0 spiro atoms. The highest BCUT2D eigenvalue weighted by Crippen LogP contribution is 2.37. The second-order valence-corrected chi connectivity index (χ2v) is 8.31. The number of benzene rings is 2. The maximum absolute atomic E-state index is 13.1. The Kier molecular flexibility index (Phi) is 4.96. The van der Waals surface area contributed by atoms with Crippen LogP contribution in [-0.2, 0) is 34.0 Å². The Morgan fingerprint density at radius 2 is 1.78 bits per heavy atom. The molecule has 0 saturated heterocycles. The minimum Gasteiger partial charge on any atom is -0.480 e. The van der Waals surface area contributed by atoms with Crippen LogP contribution in [0.5, 0.6) is 0 Å². The van der Waals surface area contributed by atoms with Crippen LogP contribution in [0.2, 0.25) is 5.02 Å². The van der Waals surface area contributed by atoms with Crippen molar-refractivity contribution in [2.75, 3.05) is 0 Å². The van der Waals surface area contributed by atoms with Gasteiger partial charge in [-0.1, -0.05) is 35.9 Å². The zero-order valence-corrected chi connectivity index (χ0v) is 15.1. The Labute approximate surface area is 158 Å². The summed E-state index contributed by atoms with van der Waals surface area (Å²) in [6, 6.07) is 7.51. The van der Waals surface area contributed by atoms with E-state index in [1.165, 1.54) is 0 Å². The number of fused-ring (bicyclic) bond motifs is 1. The van der Waals surface area contributed by atoms with Crippen molar-refractivity contribution in [3.63, 3.8) is 0 Å². The number of nitrogens with zero attached hydrogens (tertiary/aromatic N) is 1. The van der Waals surface area contributed by atoms with Gasteiger partial charge in [0.05, 0.1) is 15.5 Å². The van der Waals surface area contributed by atoms with Gasteiger partial charge in [-0.3, -0.25) is 4.79 Å². The van der Waals surface area contributed by atoms with Crippen molar-refractivity contribution in [1.29, 1.82) is 0 Å². The van der Waals surface area contributed by atoms with Gasteiger partial charge >= 0.3 is 12.1 Å². The zero-order valence-electron chi connectivity index (χ0n) is 13.6. The topological polar surface area (TPSA) is 74.7 Å². The van der Waals surface area contributed by atoms with Gasteiger partial charge in [-0.15, -0.1) is 0 Å². The monoisotopic (exact) mass is 419 g/mol. The SMILES string of the molecule is O=C(O)[C@@H]1Cc2ccccc2CN1S(=O)(=O)c1ccc(Cl)c(C(F)(F)F)c1. The van der Waals surface area contributed by atoms with Gasteiger partial charge in [0.1, 0.15) is 6.04 Å². The minimum atomic E-state index is -4.84. The first kappa shape index (κ1) is 19.7. The maximum Gasteiger partial charge on any atom is 0.417 e. The number of rotatable bonds is 3. The van der Waals surface area contributed by atoms with Crippen molar-refractivity contribution in [1.82, 2.24) is 4.31 Å². The number of carbonyl (C=O) groups is 1. The molecule has 27 heavy (non-hydrogen) atoms. The van der Waals surface area contributed by atoms with Crippen molar-refractivity contribution < 1.29 is 31.5 Å². The molecule has 1 atom stereocenters. The Balaban J connectivity index is 2.10. The van der Waals surface area contributed by atoms with Gasteiger partial charge in [-0.25, -0.2) is 8.42 Å². The number of hydrogen-bond donors (Lipinski definition) is 1. The van der Waals surface area contributed by atoms with Crippen LogP contribution in [-0.4, -0.2) is 29.8 Å². The van der Waals surface area contributed by atoms with E-state index in [0.717, 1.165) is 12.1 Å². The fourth-order valence-corrected chi connectivity index (χ4v) is 4.79. The molecule has 2 aromatic rings. The maximum atomic E-state index is 13.1. The van der Waals surface area contributed by atoms with E-state index in [1.54, 1.807) is 24.3 Å². The number of halogens is 4. The van der Waals surface area contributed by atoms with Crippen LogP contribution < -0.4 is 0 Å². The third-order valence-corrected chi connectivity index (χ3v) is 6.52. The zero-order chi connectivity index (χ0) is 20.0. The van der Waals surface area contributed by atoms with Gasteiger partial charge in [0, 0.05) is 13.0 Å². The lowest BCUT2D eigenvalue weighted by molar-refractivity contribution is -0.142. The Hall–Kier alpha value is -2.10. The molecule has 2 aromatic carbocycles. The summed E-state index contributed by atoms with van der Waals surface area (Å²) < 4.78 is 65.8. The van der Waals surface area contributed by atoms with Crippen LogP contribution in [0.1, 0.15) is 16.7 Å². The van der Waals surface area contributed by atoms with Crippen LogP contribution in [0.25, 0.3) is 0 Å². The molecule has 1 aliphatic rings. The first-order chi connectivity index (χ1) is 12.5. The summed E-state index contributed by atoms with van der Waals surface area (Å²) >= 11 is 5.54. The molecule has 0 aromatic heterocycles. The second kappa shape index (κ2) is 6.81. The minimum absolute atomic E-state index is 0.0789. The van der Waals surface area contributed by atoms with Crippen molar-refractivity contribution in [2.24, 2.45) is 0 Å². The first-order valence-corrected chi connectivity index (χ1v) is 9.52. The lowest BCUT2D eigenvalue weighted by atomic mass is 9.96. The van der Waals surface area contributed by atoms with Gasteiger partial charge < -0.3 is 5.11 Å². The predicted octanol–water partition coefficient (Wildman–Crippen LogP) is 3.56. The molecule has 0 amide bonds. The smallest absolute Gasteiger partial charge is 0.417 e. The van der Waals surface area contributed by atoms with E-state index >= 15 is 0 Å². The third-order valence-electron chi connectivity index (χ3n) is 4.34. The van der Waals surface area contributed by atoms with Crippen LogP contribution in [0.15, 0.2) is 47.4 Å². The molecule has 1 aliphatic heterocycles. The second-order valence-electron chi connectivity index (χ2n) is 6.02. The number of hydrogen-bond acceptors (Lipinski definition) is 3. The van der Waals surface area contributed by atoms with Gasteiger partial charge in [0.25, 0.3) is 0 Å². The quantitative estimate of drug-likeness (QED) is 0.825. The predicted molar refractivity (Wildman–Crippen MR) is 90.8 cm³/mol. The average Bonchev–Trinajstić information content (AvgIpc) is 2.59. The fourth-order valence-electron chi connectivity index (χ4n) is 2.98. The van der Waals surface area contributed by atoms with Crippen LogP contribution in [0.3, 0.4) is 0 Å². The summed E-state index contributed by atoms with van der Waals surface area (Å²) in [7, 11) is -4.50. The van der Waals surface area contributed by atoms with E-state index in [9.17, 15) is 31.5 Å². The van der Waals surface area contributed by atoms with Gasteiger partial charge in [0.2, 0.25) is 10.0 Å². The lowest BCUT2D eigenvalue weighted by Crippen LogP contribution is -2.48. The van der Waals surface area contributed by atoms with E-state index in [-0.39, 0.29) is 13.0 Å². The number of carboxylic acids is 1. The lowest BCUT2D eigenvalue weighted by Gasteiger charge is -2.33. The molecule has 0 saturated carbocycles. The Morgan fingerprint density at radius 1 is 1.15 bits per heavy atom. The summed E-state index contributed by atoms with van der Waals surface area (Å²) in [5.74, 6) is -1.38. The Bertz CT molecular complexity index is 1010. The molecule has 0 bridgehead atoms. The molecule has 5 nitrogen and oxygen atoms in total. The summed E-state index contributed by atoms with van der Waals surface area (Å²) in [6.07, 6.45) is -4.92. The highest BCUT2D eigenvalue weighted by Gasteiger charge is 2.41. The number of sulfonamides is 1. The summed E-state index contributed by atoms with van der Waals surface area (Å²) in [5.41, 5.74) is -0.0125. The van der Waals surface area contributed by atoms with E-state index in [2.05, 4.69) is 0 Å². The Morgan fingerprint density at radius 3 is 2.37 bits per heavy atom. The molecule has 0 radical (unpaired) electrons. The normalized spacial score (nSPS) is 18.1. The summed E-state index contributed by atoms with van der Waals surface area (Å²) in [5, 5.41) is 8.83. The van der Waals surface area contributed by atoms with Gasteiger partial charge in [-0.2, -0.15) is 17.5 Å². The van der Waals surface area contributed by atoms with Crippen LogP contribution in [0.4, 0.5) is 13.2 Å². The molecule has 0 aliphatic carbocycles. The van der Waals surface area contributed by atoms with Crippen LogP contribution in [0, 0.1) is 0 Å². The average molecular weight is 420 g/mol. The highest BCUT2D eigenvalue weighted by molar-refractivity contribution is 7.89. The van der Waals surface area contributed by atoms with Gasteiger partial charge in [-0.05, 0) is 29.3 Å². The largest absolute Gasteiger partial charge is 0.480 e. The van der Waals surface area contributed by atoms with Crippen molar-refractivity contribution in [3.05, 3.63) is 64.2 Å². The fraction of sp³-hybridized carbons (Fsp3) is 0.235. The van der Waals surface area contributed by atoms with Gasteiger partial charge in [0.15, 0.2) is 0 Å².